The molecule has 0 radical (unpaired) electrons. The zero-order chi connectivity index (χ0) is 12.0. The Morgan fingerprint density at radius 3 is 2.75 bits per heavy atom. The van der Waals surface area contributed by atoms with Gasteiger partial charge in [-0.25, -0.2) is 4.79 Å². The topological polar surface area (TPSA) is 75.3 Å². The highest BCUT2D eigenvalue weighted by Crippen LogP contribution is 2.18. The molecule has 4 nitrogen and oxygen atoms in total. The van der Waals surface area contributed by atoms with E-state index in [1.807, 2.05) is 0 Å². The van der Waals surface area contributed by atoms with Crippen LogP contribution < -0.4 is 11.1 Å². The lowest BCUT2D eigenvalue weighted by atomic mass is 10.1. The standard InChI is InChI=1S/C12H18N2O2/c1-2-3-4-7-14-9-5-6-10(12(15)16)11(13)8-9/h5-6,8,14H,2-4,7,13H2,1H3,(H,15,16). The predicted octanol–water partition coefficient (Wildman–Crippen LogP) is 2.57. The van der Waals surface area contributed by atoms with Crippen molar-refractivity contribution in [3.8, 4) is 0 Å². The molecule has 4 heteroatoms. The number of nitrogen functional groups attached to an aromatic ring is 1. The van der Waals surface area contributed by atoms with Crippen LogP contribution in [0.3, 0.4) is 0 Å². The van der Waals surface area contributed by atoms with Gasteiger partial charge in [-0.15, -0.1) is 0 Å². The summed E-state index contributed by atoms with van der Waals surface area (Å²) in [5.74, 6) is -0.991. The number of unbranched alkanes of at least 4 members (excludes halogenated alkanes) is 2. The van der Waals surface area contributed by atoms with Gasteiger partial charge in [-0.2, -0.15) is 0 Å². The second kappa shape index (κ2) is 6.00. The molecular formula is C12H18N2O2. The SMILES string of the molecule is CCCCCNc1ccc(C(=O)O)c(N)c1. The molecule has 1 rings (SSSR count). The summed E-state index contributed by atoms with van der Waals surface area (Å²) >= 11 is 0. The van der Waals surface area contributed by atoms with Crippen LogP contribution in [0.2, 0.25) is 0 Å². The molecule has 0 bridgehead atoms. The molecule has 4 N–H and O–H groups in total. The molecule has 0 aliphatic heterocycles. The van der Waals surface area contributed by atoms with Gasteiger partial charge in [0.25, 0.3) is 0 Å². The van der Waals surface area contributed by atoms with Crippen LogP contribution in [0.25, 0.3) is 0 Å². The van der Waals surface area contributed by atoms with Gasteiger partial charge in [-0.1, -0.05) is 19.8 Å². The third-order valence-corrected chi connectivity index (χ3v) is 2.39. The van der Waals surface area contributed by atoms with Crippen molar-refractivity contribution in [2.45, 2.75) is 26.2 Å². The van der Waals surface area contributed by atoms with Gasteiger partial charge in [0.15, 0.2) is 0 Å². The number of benzene rings is 1. The molecule has 0 aromatic heterocycles. The van der Waals surface area contributed by atoms with Gasteiger partial charge >= 0.3 is 5.97 Å². The molecule has 0 aliphatic rings. The smallest absolute Gasteiger partial charge is 0.337 e. The molecule has 0 saturated carbocycles. The minimum Gasteiger partial charge on any atom is -0.478 e. The molecular weight excluding hydrogens is 204 g/mol. The predicted molar refractivity (Wildman–Crippen MR) is 65.8 cm³/mol. The average molecular weight is 222 g/mol. The van der Waals surface area contributed by atoms with Crippen LogP contribution in [-0.4, -0.2) is 17.6 Å². The highest BCUT2D eigenvalue weighted by Gasteiger charge is 2.07. The van der Waals surface area contributed by atoms with E-state index in [-0.39, 0.29) is 5.56 Å². The van der Waals surface area contributed by atoms with Crippen molar-refractivity contribution in [2.24, 2.45) is 0 Å². The van der Waals surface area contributed by atoms with Gasteiger partial charge in [0.05, 0.1) is 5.56 Å². The molecule has 88 valence electrons. The van der Waals surface area contributed by atoms with Crippen LogP contribution in [0.15, 0.2) is 18.2 Å². The molecule has 0 aliphatic carbocycles. The van der Waals surface area contributed by atoms with Crippen LogP contribution in [0.1, 0.15) is 36.5 Å². The first-order chi connectivity index (χ1) is 7.65. The Morgan fingerprint density at radius 2 is 2.19 bits per heavy atom. The Kier molecular flexibility index (Phi) is 4.64. The fourth-order valence-electron chi connectivity index (χ4n) is 1.48. The third-order valence-electron chi connectivity index (χ3n) is 2.39. The van der Waals surface area contributed by atoms with E-state index in [0.717, 1.165) is 18.7 Å². The first kappa shape index (κ1) is 12.4. The van der Waals surface area contributed by atoms with E-state index in [4.69, 9.17) is 10.8 Å². The number of nitrogens with one attached hydrogen (secondary N) is 1. The summed E-state index contributed by atoms with van der Waals surface area (Å²) in [6.07, 6.45) is 3.48. The largest absolute Gasteiger partial charge is 0.478 e. The molecule has 0 heterocycles. The number of hydrogen-bond donors (Lipinski definition) is 3. The number of aromatic carboxylic acids is 1. The summed E-state index contributed by atoms with van der Waals surface area (Å²) < 4.78 is 0. The number of carboxylic acid groups (broad SMARTS) is 1. The normalized spacial score (nSPS) is 10.1. The van der Waals surface area contributed by atoms with Crippen molar-refractivity contribution < 1.29 is 9.90 Å². The summed E-state index contributed by atoms with van der Waals surface area (Å²) in [6.45, 7) is 3.04. The Balaban J connectivity index is 2.56. The van der Waals surface area contributed by atoms with Crippen LogP contribution >= 0.6 is 0 Å². The lowest BCUT2D eigenvalue weighted by Gasteiger charge is -2.08. The fraction of sp³-hybridized carbons (Fsp3) is 0.417. The minimum atomic E-state index is -0.991. The molecule has 16 heavy (non-hydrogen) atoms. The number of anilines is 2. The Labute approximate surface area is 95.5 Å². The van der Waals surface area contributed by atoms with Crippen molar-refractivity contribution in [1.82, 2.24) is 0 Å². The Hall–Kier alpha value is -1.71. The maximum Gasteiger partial charge on any atom is 0.337 e. The van der Waals surface area contributed by atoms with E-state index in [0.29, 0.717) is 5.69 Å². The second-order valence-corrected chi connectivity index (χ2v) is 3.74. The summed E-state index contributed by atoms with van der Waals surface area (Å²) in [5, 5.41) is 12.0. The summed E-state index contributed by atoms with van der Waals surface area (Å²) in [7, 11) is 0. The van der Waals surface area contributed by atoms with Crippen molar-refractivity contribution in [3.63, 3.8) is 0 Å². The van der Waals surface area contributed by atoms with Gasteiger partial charge in [-0.05, 0) is 24.6 Å². The third kappa shape index (κ3) is 3.46. The zero-order valence-corrected chi connectivity index (χ0v) is 9.49. The van der Waals surface area contributed by atoms with Crippen molar-refractivity contribution in [2.75, 3.05) is 17.6 Å². The molecule has 0 amide bonds. The summed E-state index contributed by atoms with van der Waals surface area (Å²) in [6, 6.07) is 4.93. The lowest BCUT2D eigenvalue weighted by Crippen LogP contribution is -2.05. The Bertz CT molecular complexity index is 364. The van der Waals surface area contributed by atoms with Crippen LogP contribution in [0, 0.1) is 0 Å². The first-order valence-electron chi connectivity index (χ1n) is 5.52. The van der Waals surface area contributed by atoms with Crippen molar-refractivity contribution in [3.05, 3.63) is 23.8 Å². The maximum atomic E-state index is 10.7. The average Bonchev–Trinajstić information content (AvgIpc) is 2.24. The monoisotopic (exact) mass is 222 g/mol. The van der Waals surface area contributed by atoms with Gasteiger partial charge in [0.1, 0.15) is 0 Å². The molecule has 0 fully saturated rings. The molecule has 0 atom stereocenters. The van der Waals surface area contributed by atoms with Gasteiger partial charge in [0.2, 0.25) is 0 Å². The van der Waals surface area contributed by atoms with E-state index < -0.39 is 5.97 Å². The number of hydrogen-bond acceptors (Lipinski definition) is 3. The van der Waals surface area contributed by atoms with E-state index in [1.54, 1.807) is 12.1 Å². The molecule has 1 aromatic carbocycles. The van der Waals surface area contributed by atoms with Gasteiger partial charge in [0, 0.05) is 17.9 Å². The summed E-state index contributed by atoms with van der Waals surface area (Å²) in [5.41, 5.74) is 6.96. The number of nitrogens with two attached hydrogens (primary N) is 1. The number of carboxylic acids is 1. The van der Waals surface area contributed by atoms with Gasteiger partial charge in [-0.3, -0.25) is 0 Å². The van der Waals surface area contributed by atoms with Crippen molar-refractivity contribution in [1.29, 1.82) is 0 Å². The fourth-order valence-corrected chi connectivity index (χ4v) is 1.48. The van der Waals surface area contributed by atoms with Crippen LogP contribution in [-0.2, 0) is 0 Å². The molecule has 0 unspecified atom stereocenters. The van der Waals surface area contributed by atoms with E-state index >= 15 is 0 Å². The molecule has 1 aromatic rings. The molecule has 0 spiro atoms. The van der Waals surface area contributed by atoms with E-state index in [1.165, 1.54) is 18.9 Å². The lowest BCUT2D eigenvalue weighted by molar-refractivity contribution is 0.0698. The highest BCUT2D eigenvalue weighted by molar-refractivity contribution is 5.94. The van der Waals surface area contributed by atoms with Gasteiger partial charge < -0.3 is 16.2 Å². The minimum absolute atomic E-state index is 0.152. The first-order valence-corrected chi connectivity index (χ1v) is 5.52. The number of rotatable bonds is 6. The van der Waals surface area contributed by atoms with E-state index in [9.17, 15) is 4.79 Å². The maximum absolute atomic E-state index is 10.7. The quantitative estimate of drug-likeness (QED) is 0.510. The van der Waals surface area contributed by atoms with Crippen LogP contribution in [0.4, 0.5) is 11.4 Å². The van der Waals surface area contributed by atoms with Crippen LogP contribution in [0.5, 0.6) is 0 Å². The number of carbonyl (C=O) groups is 1. The molecule has 0 saturated heterocycles. The highest BCUT2D eigenvalue weighted by atomic mass is 16.4. The van der Waals surface area contributed by atoms with E-state index in [2.05, 4.69) is 12.2 Å². The Morgan fingerprint density at radius 1 is 1.44 bits per heavy atom. The second-order valence-electron chi connectivity index (χ2n) is 3.74. The zero-order valence-electron chi connectivity index (χ0n) is 9.49. The summed E-state index contributed by atoms with van der Waals surface area (Å²) in [4.78, 5) is 10.7. The van der Waals surface area contributed by atoms with Crippen molar-refractivity contribution >= 4 is 17.3 Å².